The van der Waals surface area contributed by atoms with Crippen LogP contribution >= 0.6 is 0 Å². The molecule has 1 N–H and O–H groups in total. The van der Waals surface area contributed by atoms with Gasteiger partial charge in [-0.3, -0.25) is 0 Å². The van der Waals surface area contributed by atoms with Crippen LogP contribution in [0, 0.1) is 11.3 Å². The smallest absolute Gasteiger partial charge is 0.203 e. The molecule has 0 aliphatic carbocycles. The Hall–Kier alpha value is -2.87. The Kier molecular flexibility index (Phi) is 4.52. The van der Waals surface area contributed by atoms with E-state index in [2.05, 4.69) is 11.4 Å². The molecular weight excluding hydrogens is 268 g/mol. The number of nitrogens with zero attached hydrogens (tertiary/aromatic N) is 1. The molecule has 5 heteroatoms. The first-order valence-electron chi connectivity index (χ1n) is 6.29. The first kappa shape index (κ1) is 14.5. The Balaban J connectivity index is 2.38. The van der Waals surface area contributed by atoms with E-state index >= 15 is 0 Å². The second-order valence-electron chi connectivity index (χ2n) is 4.23. The van der Waals surface area contributed by atoms with Gasteiger partial charge in [-0.05, 0) is 18.2 Å². The third kappa shape index (κ3) is 3.18. The average molecular weight is 284 g/mol. The maximum Gasteiger partial charge on any atom is 0.203 e. The second kappa shape index (κ2) is 6.53. The van der Waals surface area contributed by atoms with Crippen molar-refractivity contribution in [3.8, 4) is 23.3 Å². The molecule has 0 atom stereocenters. The highest BCUT2D eigenvalue weighted by atomic mass is 16.5. The summed E-state index contributed by atoms with van der Waals surface area (Å²) >= 11 is 0. The summed E-state index contributed by atoms with van der Waals surface area (Å²) in [5.74, 6) is 1.67. The van der Waals surface area contributed by atoms with Crippen molar-refractivity contribution in [3.63, 3.8) is 0 Å². The summed E-state index contributed by atoms with van der Waals surface area (Å²) in [5, 5.41) is 12.1. The third-order valence-electron chi connectivity index (χ3n) is 2.95. The molecule has 0 fully saturated rings. The molecule has 2 rings (SSSR count). The molecule has 0 aliphatic heterocycles. The number of ether oxygens (including phenoxy) is 3. The largest absolute Gasteiger partial charge is 0.493 e. The van der Waals surface area contributed by atoms with Crippen molar-refractivity contribution >= 4 is 11.4 Å². The highest BCUT2D eigenvalue weighted by Crippen LogP contribution is 2.40. The fourth-order valence-corrected chi connectivity index (χ4v) is 1.99. The van der Waals surface area contributed by atoms with E-state index in [0.29, 0.717) is 22.8 Å². The number of hydrogen-bond donors (Lipinski definition) is 1. The lowest BCUT2D eigenvalue weighted by atomic mass is 10.2. The topological polar surface area (TPSA) is 63.5 Å². The summed E-state index contributed by atoms with van der Waals surface area (Å²) in [6.45, 7) is 0. The molecule has 0 amide bonds. The van der Waals surface area contributed by atoms with Gasteiger partial charge in [0, 0.05) is 23.5 Å². The molecule has 0 saturated heterocycles. The highest BCUT2D eigenvalue weighted by molar-refractivity contribution is 5.68. The fraction of sp³-hybridized carbons (Fsp3) is 0.188. The van der Waals surface area contributed by atoms with Gasteiger partial charge >= 0.3 is 0 Å². The van der Waals surface area contributed by atoms with Gasteiger partial charge in [0.25, 0.3) is 0 Å². The molecule has 0 radical (unpaired) electrons. The first-order valence-corrected chi connectivity index (χ1v) is 6.29. The molecule has 0 aromatic heterocycles. The molecule has 108 valence electrons. The molecule has 0 aliphatic rings. The van der Waals surface area contributed by atoms with Crippen LogP contribution in [0.1, 0.15) is 5.56 Å². The number of methoxy groups -OCH3 is 3. The maximum atomic E-state index is 8.93. The Labute approximate surface area is 123 Å². The van der Waals surface area contributed by atoms with Gasteiger partial charge in [-0.15, -0.1) is 0 Å². The monoisotopic (exact) mass is 284 g/mol. The van der Waals surface area contributed by atoms with Crippen LogP contribution < -0.4 is 19.5 Å². The maximum absolute atomic E-state index is 8.93. The fourth-order valence-electron chi connectivity index (χ4n) is 1.99. The zero-order valence-corrected chi connectivity index (χ0v) is 12.1. The normalized spacial score (nSPS) is 9.62. The van der Waals surface area contributed by atoms with E-state index in [-0.39, 0.29) is 0 Å². The van der Waals surface area contributed by atoms with Crippen LogP contribution in [0.15, 0.2) is 36.4 Å². The van der Waals surface area contributed by atoms with E-state index < -0.39 is 0 Å². The van der Waals surface area contributed by atoms with Crippen LogP contribution in [0.2, 0.25) is 0 Å². The second-order valence-corrected chi connectivity index (χ2v) is 4.23. The molecule has 0 spiro atoms. The van der Waals surface area contributed by atoms with Gasteiger partial charge in [0.15, 0.2) is 11.5 Å². The van der Waals surface area contributed by atoms with E-state index in [0.717, 1.165) is 11.4 Å². The molecule has 2 aromatic rings. The minimum atomic E-state index is 0.538. The molecule has 21 heavy (non-hydrogen) atoms. The average Bonchev–Trinajstić information content (AvgIpc) is 2.53. The van der Waals surface area contributed by atoms with Crippen molar-refractivity contribution in [1.29, 1.82) is 5.26 Å². The number of nitriles is 1. The summed E-state index contributed by atoms with van der Waals surface area (Å²) in [7, 11) is 4.69. The Morgan fingerprint density at radius 2 is 1.57 bits per heavy atom. The predicted octanol–water partition coefficient (Wildman–Crippen LogP) is 3.33. The van der Waals surface area contributed by atoms with E-state index in [1.165, 1.54) is 0 Å². The minimum Gasteiger partial charge on any atom is -0.493 e. The van der Waals surface area contributed by atoms with Crippen LogP contribution in [0.25, 0.3) is 0 Å². The molecular formula is C16H16N2O3. The highest BCUT2D eigenvalue weighted by Gasteiger charge is 2.13. The van der Waals surface area contributed by atoms with Gasteiger partial charge < -0.3 is 19.5 Å². The summed E-state index contributed by atoms with van der Waals surface area (Å²) in [6, 6.07) is 12.9. The minimum absolute atomic E-state index is 0.538. The molecule has 5 nitrogen and oxygen atoms in total. The number of nitrogens with one attached hydrogen (secondary N) is 1. The molecule has 0 heterocycles. The standard InChI is InChI=1S/C16H16N2O3/c1-19-14-8-13(9-15(20-2)16(14)21-3)18-12-6-4-5-11(7-12)10-17/h4-9,18H,1-3H3. The van der Waals surface area contributed by atoms with Crippen LogP contribution in [-0.4, -0.2) is 21.3 Å². The lowest BCUT2D eigenvalue weighted by Gasteiger charge is -2.15. The predicted molar refractivity (Wildman–Crippen MR) is 80.5 cm³/mol. The van der Waals surface area contributed by atoms with Crippen LogP contribution in [-0.2, 0) is 0 Å². The first-order chi connectivity index (χ1) is 10.2. The summed E-state index contributed by atoms with van der Waals surface area (Å²) in [4.78, 5) is 0. The molecule has 0 saturated carbocycles. The lowest BCUT2D eigenvalue weighted by molar-refractivity contribution is 0.324. The number of hydrogen-bond acceptors (Lipinski definition) is 5. The molecule has 0 unspecified atom stereocenters. The number of benzene rings is 2. The molecule has 2 aromatic carbocycles. The van der Waals surface area contributed by atoms with Crippen LogP contribution in [0.5, 0.6) is 17.2 Å². The van der Waals surface area contributed by atoms with Gasteiger partial charge in [0.2, 0.25) is 5.75 Å². The van der Waals surface area contributed by atoms with Gasteiger partial charge in [0.1, 0.15) is 0 Å². The van der Waals surface area contributed by atoms with Gasteiger partial charge in [-0.2, -0.15) is 5.26 Å². The van der Waals surface area contributed by atoms with E-state index in [1.807, 2.05) is 12.1 Å². The van der Waals surface area contributed by atoms with E-state index in [9.17, 15) is 0 Å². The van der Waals surface area contributed by atoms with Crippen molar-refractivity contribution in [2.24, 2.45) is 0 Å². The van der Waals surface area contributed by atoms with Crippen molar-refractivity contribution in [1.82, 2.24) is 0 Å². The van der Waals surface area contributed by atoms with E-state index in [4.69, 9.17) is 19.5 Å². The lowest BCUT2D eigenvalue weighted by Crippen LogP contribution is -1.98. The van der Waals surface area contributed by atoms with Gasteiger partial charge in [0.05, 0.1) is 33.0 Å². The van der Waals surface area contributed by atoms with Crippen molar-refractivity contribution in [3.05, 3.63) is 42.0 Å². The van der Waals surface area contributed by atoms with Crippen LogP contribution in [0.3, 0.4) is 0 Å². The Morgan fingerprint density at radius 3 is 2.10 bits per heavy atom. The summed E-state index contributed by atoms with van der Waals surface area (Å²) in [5.41, 5.74) is 2.18. The van der Waals surface area contributed by atoms with Crippen molar-refractivity contribution in [2.45, 2.75) is 0 Å². The van der Waals surface area contributed by atoms with Gasteiger partial charge in [-0.25, -0.2) is 0 Å². The number of anilines is 2. The van der Waals surface area contributed by atoms with Crippen LogP contribution in [0.4, 0.5) is 11.4 Å². The number of rotatable bonds is 5. The Bertz CT molecular complexity index is 652. The summed E-state index contributed by atoms with van der Waals surface area (Å²) in [6.07, 6.45) is 0. The van der Waals surface area contributed by atoms with Crippen molar-refractivity contribution < 1.29 is 14.2 Å². The summed E-state index contributed by atoms with van der Waals surface area (Å²) < 4.78 is 15.9. The third-order valence-corrected chi connectivity index (χ3v) is 2.95. The SMILES string of the molecule is COc1cc(Nc2cccc(C#N)c2)cc(OC)c1OC. The van der Waals surface area contributed by atoms with Gasteiger partial charge in [-0.1, -0.05) is 6.07 Å². The van der Waals surface area contributed by atoms with Crippen molar-refractivity contribution in [2.75, 3.05) is 26.6 Å². The zero-order valence-electron chi connectivity index (χ0n) is 12.1. The quantitative estimate of drug-likeness (QED) is 0.912. The molecule has 0 bridgehead atoms. The zero-order chi connectivity index (χ0) is 15.2. The van der Waals surface area contributed by atoms with E-state index in [1.54, 1.807) is 45.6 Å². The Morgan fingerprint density at radius 1 is 0.905 bits per heavy atom.